The largest absolute Gasteiger partial charge is 0.445 e. The van der Waals surface area contributed by atoms with Crippen LogP contribution in [-0.4, -0.2) is 87.4 Å². The van der Waals surface area contributed by atoms with Crippen LogP contribution in [-0.2, 0) is 11.3 Å². The summed E-state index contributed by atoms with van der Waals surface area (Å²) < 4.78 is 18.9. The van der Waals surface area contributed by atoms with Crippen molar-refractivity contribution in [1.29, 1.82) is 0 Å². The molecule has 0 unspecified atom stereocenters. The number of amides is 2. The number of aromatic amines is 1. The van der Waals surface area contributed by atoms with Gasteiger partial charge >= 0.3 is 6.09 Å². The highest BCUT2D eigenvalue weighted by Crippen LogP contribution is 2.25. The lowest BCUT2D eigenvalue weighted by Crippen LogP contribution is -2.54. The van der Waals surface area contributed by atoms with Crippen molar-refractivity contribution in [2.75, 3.05) is 39.3 Å². The van der Waals surface area contributed by atoms with Crippen molar-refractivity contribution in [3.63, 3.8) is 0 Å². The van der Waals surface area contributed by atoms with Crippen LogP contribution in [0.1, 0.15) is 28.8 Å². The van der Waals surface area contributed by atoms with Crippen LogP contribution in [0.15, 0.2) is 30.3 Å². The number of carbonyl (C=O) groups is 2. The molecule has 0 bridgehead atoms. The normalized spacial score (nSPS) is 17.5. The van der Waals surface area contributed by atoms with E-state index in [2.05, 4.69) is 20.3 Å². The molecule has 190 valence electrons. The zero-order valence-electron chi connectivity index (χ0n) is 19.4. The zero-order valence-corrected chi connectivity index (χ0v) is 20.9. The maximum atomic E-state index is 13.6. The van der Waals surface area contributed by atoms with E-state index in [-0.39, 0.29) is 22.6 Å². The van der Waals surface area contributed by atoms with E-state index >= 15 is 0 Å². The molecule has 2 saturated heterocycles. The van der Waals surface area contributed by atoms with Crippen LogP contribution in [0, 0.1) is 5.82 Å². The fourth-order valence-corrected chi connectivity index (χ4v) is 5.32. The number of hydrogen-bond acceptors (Lipinski definition) is 6. The number of nitrogens with one attached hydrogen (secondary N) is 1. The summed E-state index contributed by atoms with van der Waals surface area (Å²) in [6.45, 7) is 3.93. The van der Waals surface area contributed by atoms with Gasteiger partial charge in [-0.05, 0) is 48.7 Å². The highest BCUT2D eigenvalue weighted by Gasteiger charge is 2.31. The van der Waals surface area contributed by atoms with Gasteiger partial charge in [-0.25, -0.2) is 9.18 Å². The average molecular weight is 535 g/mol. The first-order chi connectivity index (χ1) is 17.4. The van der Waals surface area contributed by atoms with Crippen LogP contribution in [0.3, 0.4) is 0 Å². The number of nitrogens with zero attached hydrogens (tertiary/aromatic N) is 5. The Kier molecular flexibility index (Phi) is 7.27. The van der Waals surface area contributed by atoms with Gasteiger partial charge in [0.2, 0.25) is 0 Å². The third kappa shape index (κ3) is 5.25. The molecule has 2 aromatic carbocycles. The first-order valence-corrected chi connectivity index (χ1v) is 12.5. The molecule has 1 N–H and O–H groups in total. The molecular formula is C24H25Cl2FN6O3. The van der Waals surface area contributed by atoms with E-state index in [1.807, 2.05) is 4.90 Å². The quantitative estimate of drug-likeness (QED) is 0.509. The molecule has 0 aliphatic carbocycles. The monoisotopic (exact) mass is 534 g/mol. The molecule has 0 radical (unpaired) electrons. The number of H-pyrrole nitrogens is 1. The third-order valence-electron chi connectivity index (χ3n) is 6.81. The van der Waals surface area contributed by atoms with Gasteiger partial charge in [-0.3, -0.25) is 9.69 Å². The summed E-state index contributed by atoms with van der Waals surface area (Å²) in [5, 5.41) is 10.4. The molecule has 36 heavy (non-hydrogen) atoms. The number of piperidine rings is 1. The minimum atomic E-state index is -0.687. The summed E-state index contributed by atoms with van der Waals surface area (Å²) >= 11 is 11.6. The van der Waals surface area contributed by atoms with Crippen LogP contribution >= 0.6 is 23.2 Å². The van der Waals surface area contributed by atoms with Crippen molar-refractivity contribution in [3.8, 4) is 0 Å². The van der Waals surface area contributed by atoms with Gasteiger partial charge in [0.15, 0.2) is 5.82 Å². The van der Waals surface area contributed by atoms with Crippen molar-refractivity contribution < 1.29 is 18.7 Å². The molecule has 1 aromatic heterocycles. The zero-order chi connectivity index (χ0) is 25.2. The number of fused-ring (bicyclic) bond motifs is 1. The molecule has 0 atom stereocenters. The second-order valence-corrected chi connectivity index (χ2v) is 9.82. The Morgan fingerprint density at radius 3 is 2.31 bits per heavy atom. The summed E-state index contributed by atoms with van der Waals surface area (Å²) in [6.07, 6.45) is 1.35. The minimum absolute atomic E-state index is 0.00893. The molecule has 3 heterocycles. The fourth-order valence-electron chi connectivity index (χ4n) is 4.79. The van der Waals surface area contributed by atoms with Gasteiger partial charge < -0.3 is 14.5 Å². The highest BCUT2D eigenvalue weighted by molar-refractivity contribution is 6.35. The first-order valence-electron chi connectivity index (χ1n) is 11.8. The van der Waals surface area contributed by atoms with Crippen LogP contribution in [0.25, 0.3) is 11.0 Å². The van der Waals surface area contributed by atoms with E-state index in [0.717, 1.165) is 31.4 Å². The van der Waals surface area contributed by atoms with Crippen molar-refractivity contribution in [1.82, 2.24) is 30.1 Å². The number of rotatable bonds is 4. The maximum Gasteiger partial charge on any atom is 0.410 e. The summed E-state index contributed by atoms with van der Waals surface area (Å²) in [7, 11) is 0. The Hall–Kier alpha value is -2.95. The molecule has 2 aliphatic heterocycles. The van der Waals surface area contributed by atoms with Gasteiger partial charge in [-0.2, -0.15) is 15.4 Å². The smallest absolute Gasteiger partial charge is 0.410 e. The lowest BCUT2D eigenvalue weighted by atomic mass is 10.0. The molecule has 2 fully saturated rings. The van der Waals surface area contributed by atoms with Crippen molar-refractivity contribution in [3.05, 3.63) is 57.3 Å². The highest BCUT2D eigenvalue weighted by atomic mass is 35.5. The topological polar surface area (TPSA) is 94.7 Å². The molecule has 12 heteroatoms. The number of hydrogen-bond donors (Lipinski definition) is 1. The molecule has 0 saturated carbocycles. The van der Waals surface area contributed by atoms with Gasteiger partial charge in [0.1, 0.15) is 17.6 Å². The SMILES string of the molecule is O=C(OCc1cc(Cl)c(F)c(Cl)c1)N1CCN(C2CCN(C(=O)c3ccc4n[nH]nc4c3)CC2)CC1. The summed E-state index contributed by atoms with van der Waals surface area (Å²) in [5.41, 5.74) is 2.56. The molecule has 5 rings (SSSR count). The lowest BCUT2D eigenvalue weighted by molar-refractivity contribution is 0.0394. The van der Waals surface area contributed by atoms with E-state index in [9.17, 15) is 14.0 Å². The van der Waals surface area contributed by atoms with E-state index in [1.54, 1.807) is 23.1 Å². The molecule has 3 aromatic rings. The van der Waals surface area contributed by atoms with E-state index < -0.39 is 11.9 Å². The van der Waals surface area contributed by atoms with Crippen LogP contribution in [0.2, 0.25) is 10.0 Å². The van der Waals surface area contributed by atoms with Crippen LogP contribution < -0.4 is 0 Å². The van der Waals surface area contributed by atoms with Gasteiger partial charge in [-0.15, -0.1) is 0 Å². The van der Waals surface area contributed by atoms with Gasteiger partial charge in [0.25, 0.3) is 5.91 Å². The molecule has 2 aliphatic rings. The predicted molar refractivity (Wildman–Crippen MR) is 133 cm³/mol. The Morgan fingerprint density at radius 2 is 1.61 bits per heavy atom. The average Bonchev–Trinajstić information content (AvgIpc) is 3.38. The standard InChI is InChI=1S/C24H25Cl2FN6O3/c25-18-11-15(12-19(26)22(18)27)14-36-24(35)33-9-7-31(8-10-33)17-3-5-32(6-4-17)23(34)16-1-2-20-21(13-16)29-30-28-20/h1-2,11-13,17H,3-10,14H2,(H,28,29,30). The molecule has 0 spiro atoms. The second kappa shape index (κ2) is 10.6. The van der Waals surface area contributed by atoms with Crippen LogP contribution in [0.5, 0.6) is 0 Å². The van der Waals surface area contributed by atoms with E-state index in [1.165, 1.54) is 12.1 Å². The number of ether oxygens (including phenoxy) is 1. The number of piperazine rings is 1. The Balaban J connectivity index is 1.07. The van der Waals surface area contributed by atoms with Crippen molar-refractivity contribution >= 4 is 46.2 Å². The molecular weight excluding hydrogens is 510 g/mol. The van der Waals surface area contributed by atoms with Gasteiger partial charge in [-0.1, -0.05) is 23.2 Å². The minimum Gasteiger partial charge on any atom is -0.445 e. The Labute approximate surface area is 217 Å². The number of likely N-dealkylation sites (tertiary alicyclic amines) is 1. The van der Waals surface area contributed by atoms with E-state index in [0.29, 0.717) is 48.9 Å². The lowest BCUT2D eigenvalue weighted by Gasteiger charge is -2.42. The number of carbonyl (C=O) groups excluding carboxylic acids is 2. The fraction of sp³-hybridized carbons (Fsp3) is 0.417. The number of aromatic nitrogens is 3. The van der Waals surface area contributed by atoms with Crippen molar-refractivity contribution in [2.24, 2.45) is 0 Å². The summed E-state index contributed by atoms with van der Waals surface area (Å²) in [5.74, 6) is -0.678. The third-order valence-corrected chi connectivity index (χ3v) is 7.36. The first kappa shape index (κ1) is 24.7. The molecule has 9 nitrogen and oxygen atoms in total. The number of halogens is 3. The van der Waals surface area contributed by atoms with Gasteiger partial charge in [0, 0.05) is 50.9 Å². The summed E-state index contributed by atoms with van der Waals surface area (Å²) in [4.78, 5) is 31.4. The Morgan fingerprint density at radius 1 is 0.944 bits per heavy atom. The second-order valence-electron chi connectivity index (χ2n) is 9.00. The molecule has 2 amide bonds. The van der Waals surface area contributed by atoms with Gasteiger partial charge in [0.05, 0.1) is 10.0 Å². The predicted octanol–water partition coefficient (Wildman–Crippen LogP) is 3.96. The van der Waals surface area contributed by atoms with E-state index in [4.69, 9.17) is 27.9 Å². The maximum absolute atomic E-state index is 13.6. The number of benzene rings is 2. The van der Waals surface area contributed by atoms with Crippen molar-refractivity contribution in [2.45, 2.75) is 25.5 Å². The van der Waals surface area contributed by atoms with Crippen LogP contribution in [0.4, 0.5) is 9.18 Å². The summed E-state index contributed by atoms with van der Waals surface area (Å²) in [6, 6.07) is 8.53. The Bertz CT molecular complexity index is 1250.